The largest absolute Gasteiger partial charge is 0.481 e. The van der Waals surface area contributed by atoms with Gasteiger partial charge in [0.2, 0.25) is 0 Å². The van der Waals surface area contributed by atoms with Crippen molar-refractivity contribution < 1.29 is 14.6 Å². The summed E-state index contributed by atoms with van der Waals surface area (Å²) in [5.41, 5.74) is 1.30. The summed E-state index contributed by atoms with van der Waals surface area (Å²) in [5.74, 6) is -0.149. The molecule has 0 aromatic heterocycles. The normalized spacial score (nSPS) is 11.4. The van der Waals surface area contributed by atoms with E-state index in [1.165, 1.54) is 0 Å². The molecule has 0 aliphatic carbocycles. The number of benzene rings is 2. The lowest BCUT2D eigenvalue weighted by atomic mass is 10.0. The van der Waals surface area contributed by atoms with E-state index >= 15 is 0 Å². The van der Waals surface area contributed by atoms with Gasteiger partial charge in [0, 0.05) is 0 Å². The number of hydrogen-bond donors (Lipinski definition) is 1. The minimum Gasteiger partial charge on any atom is -0.481 e. The van der Waals surface area contributed by atoms with Gasteiger partial charge in [0.1, 0.15) is 11.5 Å². The van der Waals surface area contributed by atoms with Crippen LogP contribution in [0, 0.1) is 11.3 Å². The van der Waals surface area contributed by atoms with Gasteiger partial charge in [-0.1, -0.05) is 12.1 Å². The van der Waals surface area contributed by atoms with Gasteiger partial charge in [-0.3, -0.25) is 4.79 Å². The Labute approximate surface area is 116 Å². The predicted molar refractivity (Wildman–Crippen MR) is 73.7 cm³/mol. The van der Waals surface area contributed by atoms with Gasteiger partial charge in [0.15, 0.2) is 0 Å². The average molecular weight is 267 g/mol. The predicted octanol–water partition coefficient (Wildman–Crippen LogP) is 3.54. The Kier molecular flexibility index (Phi) is 4.02. The van der Waals surface area contributed by atoms with E-state index in [1.807, 2.05) is 6.07 Å². The molecule has 20 heavy (non-hydrogen) atoms. The molecule has 4 nitrogen and oxygen atoms in total. The molecule has 0 spiro atoms. The molecule has 100 valence electrons. The fourth-order valence-corrected chi connectivity index (χ4v) is 1.70. The summed E-state index contributed by atoms with van der Waals surface area (Å²) in [6, 6.07) is 15.7. The molecular formula is C16H13NO3. The van der Waals surface area contributed by atoms with Gasteiger partial charge in [-0.05, 0) is 48.9 Å². The van der Waals surface area contributed by atoms with E-state index in [2.05, 4.69) is 0 Å². The third-order valence-electron chi connectivity index (χ3n) is 2.97. The molecule has 2 aromatic carbocycles. The summed E-state index contributed by atoms with van der Waals surface area (Å²) in [6.07, 6.45) is 0. The first kappa shape index (κ1) is 13.6. The van der Waals surface area contributed by atoms with Crippen LogP contribution in [0.5, 0.6) is 11.5 Å². The first-order valence-electron chi connectivity index (χ1n) is 6.11. The summed E-state index contributed by atoms with van der Waals surface area (Å²) in [4.78, 5) is 10.9. The topological polar surface area (TPSA) is 70.3 Å². The monoisotopic (exact) mass is 267 g/mol. The summed E-state index contributed by atoms with van der Waals surface area (Å²) in [7, 11) is 0. The quantitative estimate of drug-likeness (QED) is 0.919. The van der Waals surface area contributed by atoms with Gasteiger partial charge in [-0.2, -0.15) is 5.26 Å². The van der Waals surface area contributed by atoms with Crippen molar-refractivity contribution >= 4 is 5.97 Å². The fraction of sp³-hybridized carbons (Fsp3) is 0.125. The summed E-state index contributed by atoms with van der Waals surface area (Å²) in [5, 5.41) is 17.6. The molecule has 0 heterocycles. The fourth-order valence-electron chi connectivity index (χ4n) is 1.70. The van der Waals surface area contributed by atoms with Crippen LogP contribution in [0.15, 0.2) is 48.5 Å². The number of nitrogens with zero attached hydrogens (tertiary/aromatic N) is 1. The zero-order valence-electron chi connectivity index (χ0n) is 10.9. The number of ether oxygens (including phenoxy) is 1. The number of carboxylic acid groups (broad SMARTS) is 1. The highest BCUT2D eigenvalue weighted by Crippen LogP contribution is 2.24. The van der Waals surface area contributed by atoms with Crippen molar-refractivity contribution in [2.75, 3.05) is 0 Å². The Morgan fingerprint density at radius 2 is 1.60 bits per heavy atom. The number of carboxylic acids is 1. The lowest BCUT2D eigenvalue weighted by molar-refractivity contribution is -0.138. The second kappa shape index (κ2) is 5.89. The molecule has 2 aromatic rings. The molecule has 4 heteroatoms. The number of nitriles is 1. The Morgan fingerprint density at radius 1 is 1.10 bits per heavy atom. The van der Waals surface area contributed by atoms with E-state index < -0.39 is 11.9 Å². The highest BCUT2D eigenvalue weighted by Gasteiger charge is 2.13. The highest BCUT2D eigenvalue weighted by atomic mass is 16.5. The van der Waals surface area contributed by atoms with Gasteiger partial charge < -0.3 is 9.84 Å². The van der Waals surface area contributed by atoms with Crippen molar-refractivity contribution in [1.82, 2.24) is 0 Å². The van der Waals surface area contributed by atoms with Gasteiger partial charge in [0.25, 0.3) is 0 Å². The lowest BCUT2D eigenvalue weighted by Crippen LogP contribution is -2.06. The van der Waals surface area contributed by atoms with E-state index in [9.17, 15) is 4.79 Å². The third kappa shape index (κ3) is 3.15. The standard InChI is InChI=1S/C16H13NO3/c1-11(16(18)19)13-4-8-15(9-5-13)20-14-6-2-12(10-17)3-7-14/h2-9,11H,1H3,(H,18,19). The van der Waals surface area contributed by atoms with Crippen LogP contribution in [-0.2, 0) is 4.79 Å². The molecule has 0 fully saturated rings. The van der Waals surface area contributed by atoms with Crippen LogP contribution in [0.3, 0.4) is 0 Å². The second-order valence-corrected chi connectivity index (χ2v) is 4.37. The third-order valence-corrected chi connectivity index (χ3v) is 2.97. The summed E-state index contributed by atoms with van der Waals surface area (Å²) in [6.45, 7) is 1.64. The van der Waals surface area contributed by atoms with Crippen LogP contribution < -0.4 is 4.74 Å². The maximum Gasteiger partial charge on any atom is 0.310 e. The van der Waals surface area contributed by atoms with Crippen molar-refractivity contribution in [3.8, 4) is 17.6 Å². The lowest BCUT2D eigenvalue weighted by Gasteiger charge is -2.09. The summed E-state index contributed by atoms with van der Waals surface area (Å²) < 4.78 is 5.62. The van der Waals surface area contributed by atoms with Crippen molar-refractivity contribution in [2.45, 2.75) is 12.8 Å². The first-order chi connectivity index (χ1) is 9.60. The van der Waals surface area contributed by atoms with E-state index in [0.717, 1.165) is 5.56 Å². The highest BCUT2D eigenvalue weighted by molar-refractivity contribution is 5.75. The van der Waals surface area contributed by atoms with Crippen molar-refractivity contribution in [3.63, 3.8) is 0 Å². The average Bonchev–Trinajstić information content (AvgIpc) is 2.48. The molecule has 0 aliphatic rings. The molecule has 0 bridgehead atoms. The maximum atomic E-state index is 10.9. The molecule has 1 atom stereocenters. The molecule has 0 radical (unpaired) electrons. The SMILES string of the molecule is CC(C(=O)O)c1ccc(Oc2ccc(C#N)cc2)cc1. The zero-order chi connectivity index (χ0) is 14.5. The van der Waals surface area contributed by atoms with Crippen LogP contribution >= 0.6 is 0 Å². The van der Waals surface area contributed by atoms with Gasteiger partial charge in [-0.25, -0.2) is 0 Å². The molecule has 1 unspecified atom stereocenters. The van der Waals surface area contributed by atoms with Gasteiger partial charge in [-0.15, -0.1) is 0 Å². The van der Waals surface area contributed by atoms with Crippen molar-refractivity contribution in [1.29, 1.82) is 5.26 Å². The first-order valence-corrected chi connectivity index (χ1v) is 6.11. The smallest absolute Gasteiger partial charge is 0.310 e. The van der Waals surface area contributed by atoms with E-state index in [4.69, 9.17) is 15.1 Å². The molecule has 0 amide bonds. The van der Waals surface area contributed by atoms with Crippen LogP contribution in [0.4, 0.5) is 0 Å². The number of hydrogen-bond acceptors (Lipinski definition) is 3. The van der Waals surface area contributed by atoms with E-state index in [0.29, 0.717) is 17.1 Å². The maximum absolute atomic E-state index is 10.9. The van der Waals surface area contributed by atoms with Crippen LogP contribution in [0.1, 0.15) is 24.0 Å². The Bertz CT molecular complexity index is 639. The minimum absolute atomic E-state index is 0.543. The Morgan fingerprint density at radius 3 is 2.05 bits per heavy atom. The van der Waals surface area contributed by atoms with Crippen molar-refractivity contribution in [2.24, 2.45) is 0 Å². The molecular weight excluding hydrogens is 254 g/mol. The van der Waals surface area contributed by atoms with Crippen molar-refractivity contribution in [3.05, 3.63) is 59.7 Å². The molecule has 0 saturated heterocycles. The molecule has 0 saturated carbocycles. The zero-order valence-corrected chi connectivity index (χ0v) is 10.9. The van der Waals surface area contributed by atoms with E-state index in [-0.39, 0.29) is 0 Å². The second-order valence-electron chi connectivity index (χ2n) is 4.37. The minimum atomic E-state index is -0.856. The molecule has 0 aliphatic heterocycles. The number of rotatable bonds is 4. The van der Waals surface area contributed by atoms with Crippen LogP contribution in [0.25, 0.3) is 0 Å². The molecule has 1 N–H and O–H groups in total. The number of aliphatic carboxylic acids is 1. The summed E-state index contributed by atoms with van der Waals surface area (Å²) >= 11 is 0. The number of carbonyl (C=O) groups is 1. The molecule has 2 rings (SSSR count). The van der Waals surface area contributed by atoms with Gasteiger partial charge >= 0.3 is 5.97 Å². The van der Waals surface area contributed by atoms with Gasteiger partial charge in [0.05, 0.1) is 17.6 Å². The van der Waals surface area contributed by atoms with Crippen LogP contribution in [-0.4, -0.2) is 11.1 Å². The Hall–Kier alpha value is -2.80. The van der Waals surface area contributed by atoms with Crippen LogP contribution in [0.2, 0.25) is 0 Å². The Balaban J connectivity index is 2.10. The van der Waals surface area contributed by atoms with E-state index in [1.54, 1.807) is 55.5 Å².